The molecule has 2 amide bonds. The molecule has 6 nitrogen and oxygen atoms in total. The lowest BCUT2D eigenvalue weighted by molar-refractivity contribution is -0.274. The van der Waals surface area contributed by atoms with Crippen molar-refractivity contribution < 1.29 is 27.8 Å². The summed E-state index contributed by atoms with van der Waals surface area (Å²) in [6.45, 7) is 2.58. The first-order chi connectivity index (χ1) is 14.8. The Balaban J connectivity index is 1.59. The maximum atomic E-state index is 12.8. The van der Waals surface area contributed by atoms with Crippen LogP contribution in [-0.4, -0.2) is 60.1 Å². The Morgan fingerprint density at radius 1 is 1.10 bits per heavy atom. The number of nitriles is 1. The summed E-state index contributed by atoms with van der Waals surface area (Å²) in [5, 5.41) is 18.7. The third-order valence-corrected chi connectivity index (χ3v) is 5.90. The lowest BCUT2D eigenvalue weighted by Crippen LogP contribution is -2.48. The van der Waals surface area contributed by atoms with Gasteiger partial charge in [0.25, 0.3) is 0 Å². The van der Waals surface area contributed by atoms with E-state index in [0.29, 0.717) is 56.1 Å². The van der Waals surface area contributed by atoms with Crippen LogP contribution in [-0.2, 0) is 0 Å². The summed E-state index contributed by atoms with van der Waals surface area (Å²) in [4.78, 5) is 16.5. The molecule has 1 aromatic carbocycles. The number of carbonyl (C=O) groups excluding carboxylic acids is 1. The van der Waals surface area contributed by atoms with Gasteiger partial charge in [0.05, 0.1) is 11.6 Å². The lowest BCUT2D eigenvalue weighted by Gasteiger charge is -2.37. The van der Waals surface area contributed by atoms with Crippen LogP contribution in [0, 0.1) is 17.2 Å². The number of allylic oxidation sites excluding steroid dienone is 1. The van der Waals surface area contributed by atoms with E-state index >= 15 is 0 Å². The summed E-state index contributed by atoms with van der Waals surface area (Å²) in [7, 11) is 0. The molecule has 3 rings (SSSR count). The Hall–Kier alpha value is -2.73. The zero-order valence-corrected chi connectivity index (χ0v) is 17.2. The molecule has 1 N–H and O–H groups in total. The molecule has 2 aliphatic heterocycles. The molecule has 9 heteroatoms. The molecule has 0 unspecified atom stereocenters. The summed E-state index contributed by atoms with van der Waals surface area (Å²) in [6.07, 6.45) is -1.08. The summed E-state index contributed by atoms with van der Waals surface area (Å²) in [5.74, 6) is 0.137. The quantitative estimate of drug-likeness (QED) is 0.718. The van der Waals surface area contributed by atoms with Crippen molar-refractivity contribution in [3.8, 4) is 11.8 Å². The van der Waals surface area contributed by atoms with E-state index in [9.17, 15) is 23.2 Å². The van der Waals surface area contributed by atoms with Crippen molar-refractivity contribution in [3.05, 3.63) is 35.4 Å². The fourth-order valence-electron chi connectivity index (χ4n) is 4.18. The predicted octanol–water partition coefficient (Wildman–Crippen LogP) is 4.17. The summed E-state index contributed by atoms with van der Waals surface area (Å²) >= 11 is 0. The highest BCUT2D eigenvalue weighted by Crippen LogP contribution is 2.30. The number of amides is 2. The van der Waals surface area contributed by atoms with Gasteiger partial charge < -0.3 is 19.6 Å². The number of rotatable bonds is 4. The highest BCUT2D eigenvalue weighted by atomic mass is 19.4. The third-order valence-electron chi connectivity index (χ3n) is 5.90. The van der Waals surface area contributed by atoms with E-state index in [4.69, 9.17) is 5.11 Å². The minimum atomic E-state index is -4.76. The van der Waals surface area contributed by atoms with Crippen molar-refractivity contribution in [3.63, 3.8) is 0 Å². The largest absolute Gasteiger partial charge is 0.573 e. The minimum absolute atomic E-state index is 0.00802. The molecular formula is C22H26F3N3O3. The van der Waals surface area contributed by atoms with Crippen molar-refractivity contribution in [2.75, 3.05) is 32.8 Å². The van der Waals surface area contributed by atoms with Crippen molar-refractivity contribution >= 4 is 11.6 Å². The molecule has 31 heavy (non-hydrogen) atoms. The number of benzene rings is 1. The third kappa shape index (κ3) is 6.14. The molecule has 2 aliphatic rings. The van der Waals surface area contributed by atoms with Gasteiger partial charge in [0.2, 0.25) is 0 Å². The second kappa shape index (κ2) is 10.1. The SMILES string of the molecule is N#CC(=C1CCN(C(=O)N2CCC(CCO)CC2)CC1)c1ccc(OC(F)(F)F)cc1. The molecular weight excluding hydrogens is 411 g/mol. The van der Waals surface area contributed by atoms with Gasteiger partial charge in [-0.05, 0) is 73.4 Å². The normalized spacial score (nSPS) is 18.0. The summed E-state index contributed by atoms with van der Waals surface area (Å²) < 4.78 is 40.8. The van der Waals surface area contributed by atoms with Crippen molar-refractivity contribution in [2.45, 2.75) is 38.5 Å². The average Bonchev–Trinajstić information content (AvgIpc) is 2.75. The first-order valence-corrected chi connectivity index (χ1v) is 10.4. The average molecular weight is 437 g/mol. The molecule has 0 atom stereocenters. The molecule has 0 aromatic heterocycles. The van der Waals surface area contributed by atoms with Crippen molar-refractivity contribution in [1.82, 2.24) is 9.80 Å². The topological polar surface area (TPSA) is 76.8 Å². The van der Waals surface area contributed by atoms with Crippen LogP contribution in [0.4, 0.5) is 18.0 Å². The maximum absolute atomic E-state index is 12.8. The number of halogens is 3. The van der Waals surface area contributed by atoms with Crippen LogP contribution in [0.2, 0.25) is 0 Å². The van der Waals surface area contributed by atoms with Gasteiger partial charge >= 0.3 is 12.4 Å². The first-order valence-electron chi connectivity index (χ1n) is 10.4. The van der Waals surface area contributed by atoms with Crippen LogP contribution in [0.15, 0.2) is 29.8 Å². The summed E-state index contributed by atoms with van der Waals surface area (Å²) in [6, 6.07) is 7.45. The number of hydrogen-bond acceptors (Lipinski definition) is 4. The number of hydrogen-bond donors (Lipinski definition) is 1. The second-order valence-corrected chi connectivity index (χ2v) is 7.87. The number of alkyl halides is 3. The fourth-order valence-corrected chi connectivity index (χ4v) is 4.18. The standard InChI is InChI=1S/C22H26F3N3O3/c23-22(24,25)31-19-3-1-17(2-4-19)20(15-26)18-7-12-28(13-8-18)21(30)27-10-5-16(6-11-27)9-14-29/h1-4,16,29H,5-14H2. The van der Waals surface area contributed by atoms with Crippen LogP contribution in [0.25, 0.3) is 5.57 Å². The second-order valence-electron chi connectivity index (χ2n) is 7.87. The predicted molar refractivity (Wildman–Crippen MR) is 108 cm³/mol. The maximum Gasteiger partial charge on any atom is 0.573 e. The molecule has 2 fully saturated rings. The van der Waals surface area contributed by atoms with E-state index in [1.165, 1.54) is 24.3 Å². The molecule has 2 saturated heterocycles. The number of ether oxygens (including phenoxy) is 1. The fraction of sp³-hybridized carbons (Fsp3) is 0.545. The number of piperidine rings is 2. The van der Waals surface area contributed by atoms with E-state index in [2.05, 4.69) is 10.8 Å². The minimum Gasteiger partial charge on any atom is -0.406 e. The molecule has 0 aliphatic carbocycles. The smallest absolute Gasteiger partial charge is 0.406 e. The highest BCUT2D eigenvalue weighted by Gasteiger charge is 2.31. The van der Waals surface area contributed by atoms with Gasteiger partial charge in [-0.2, -0.15) is 5.26 Å². The van der Waals surface area contributed by atoms with E-state index in [1.807, 2.05) is 4.90 Å². The molecule has 0 saturated carbocycles. The van der Waals surface area contributed by atoms with Gasteiger partial charge in [0.1, 0.15) is 5.75 Å². The number of aliphatic hydroxyl groups excluding tert-OH is 1. The molecule has 168 valence electrons. The van der Waals surface area contributed by atoms with Crippen LogP contribution >= 0.6 is 0 Å². The van der Waals surface area contributed by atoms with Gasteiger partial charge in [-0.15, -0.1) is 13.2 Å². The zero-order chi connectivity index (χ0) is 22.4. The van der Waals surface area contributed by atoms with Crippen LogP contribution in [0.1, 0.15) is 37.7 Å². The highest BCUT2D eigenvalue weighted by molar-refractivity contribution is 5.80. The number of carbonyl (C=O) groups is 1. The Labute approximate surface area is 179 Å². The Morgan fingerprint density at radius 2 is 1.68 bits per heavy atom. The molecule has 0 radical (unpaired) electrons. The Kier molecular flexibility index (Phi) is 7.44. The molecule has 0 bridgehead atoms. The van der Waals surface area contributed by atoms with Gasteiger partial charge in [0, 0.05) is 32.8 Å². The number of nitrogens with zero attached hydrogens (tertiary/aromatic N) is 3. The summed E-state index contributed by atoms with van der Waals surface area (Å²) in [5.41, 5.74) is 1.88. The van der Waals surface area contributed by atoms with Crippen LogP contribution < -0.4 is 4.74 Å². The van der Waals surface area contributed by atoms with Gasteiger partial charge in [-0.3, -0.25) is 0 Å². The van der Waals surface area contributed by atoms with E-state index in [1.54, 1.807) is 4.90 Å². The molecule has 1 aromatic rings. The van der Waals surface area contributed by atoms with E-state index in [0.717, 1.165) is 24.8 Å². The van der Waals surface area contributed by atoms with Crippen molar-refractivity contribution in [2.24, 2.45) is 5.92 Å². The number of aliphatic hydroxyl groups is 1. The van der Waals surface area contributed by atoms with Gasteiger partial charge in [-0.1, -0.05) is 0 Å². The molecule has 0 spiro atoms. The first kappa shape index (κ1) is 22.9. The molecule has 2 heterocycles. The number of likely N-dealkylation sites (tertiary alicyclic amines) is 2. The Morgan fingerprint density at radius 3 is 2.19 bits per heavy atom. The lowest BCUT2D eigenvalue weighted by atomic mass is 9.93. The Bertz CT molecular complexity index is 828. The van der Waals surface area contributed by atoms with Crippen molar-refractivity contribution in [1.29, 1.82) is 5.26 Å². The van der Waals surface area contributed by atoms with Gasteiger partial charge in [-0.25, -0.2) is 4.79 Å². The number of urea groups is 1. The van der Waals surface area contributed by atoms with Gasteiger partial charge in [0.15, 0.2) is 0 Å². The van der Waals surface area contributed by atoms with Crippen LogP contribution in [0.5, 0.6) is 5.75 Å². The zero-order valence-electron chi connectivity index (χ0n) is 17.2. The van der Waals surface area contributed by atoms with E-state index < -0.39 is 6.36 Å². The monoisotopic (exact) mass is 437 g/mol. The van der Waals surface area contributed by atoms with E-state index in [-0.39, 0.29) is 18.4 Å². The van der Waals surface area contributed by atoms with Crippen LogP contribution in [0.3, 0.4) is 0 Å².